The Hall–Kier alpha value is -0.650. The Morgan fingerprint density at radius 3 is 3.20 bits per heavy atom. The molecule has 2 fully saturated rings. The van der Waals surface area contributed by atoms with Crippen molar-refractivity contribution in [3.8, 4) is 0 Å². The van der Waals surface area contributed by atoms with Gasteiger partial charge in [-0.1, -0.05) is 19.8 Å². The van der Waals surface area contributed by atoms with Crippen molar-refractivity contribution in [1.29, 1.82) is 0 Å². The van der Waals surface area contributed by atoms with Crippen molar-refractivity contribution in [1.82, 2.24) is 10.3 Å². The summed E-state index contributed by atoms with van der Waals surface area (Å²) in [5, 5.41) is 4.65. The summed E-state index contributed by atoms with van der Waals surface area (Å²) < 4.78 is 5.95. The van der Waals surface area contributed by atoms with E-state index in [4.69, 9.17) is 4.74 Å². The van der Waals surface area contributed by atoms with Crippen LogP contribution in [0.1, 0.15) is 50.4 Å². The lowest BCUT2D eigenvalue weighted by molar-refractivity contribution is -0.00868. The molecule has 20 heavy (non-hydrogen) atoms. The molecule has 112 valence electrons. The molecule has 1 saturated carbocycles. The molecule has 1 N–H and O–H groups in total. The molecule has 5 heteroatoms. The highest BCUT2D eigenvalue weighted by molar-refractivity contribution is 7.15. The van der Waals surface area contributed by atoms with Crippen LogP contribution in [0.4, 0.5) is 5.13 Å². The third-order valence-corrected chi connectivity index (χ3v) is 5.64. The minimum absolute atomic E-state index is 0.398. The quantitative estimate of drug-likeness (QED) is 0.926. The monoisotopic (exact) mass is 295 g/mol. The molecule has 0 amide bonds. The molecule has 1 aliphatic carbocycles. The molecule has 1 aliphatic heterocycles. The van der Waals surface area contributed by atoms with Crippen LogP contribution in [0, 0.1) is 0 Å². The predicted molar refractivity (Wildman–Crippen MR) is 83.5 cm³/mol. The third kappa shape index (κ3) is 2.85. The van der Waals surface area contributed by atoms with E-state index < -0.39 is 0 Å². The zero-order valence-corrected chi connectivity index (χ0v) is 13.3. The maximum atomic E-state index is 5.95. The van der Waals surface area contributed by atoms with E-state index in [9.17, 15) is 0 Å². The Bertz CT molecular complexity index is 435. The number of morpholine rings is 1. The first-order chi connectivity index (χ1) is 9.79. The molecule has 2 aliphatic rings. The van der Waals surface area contributed by atoms with Gasteiger partial charge in [-0.05, 0) is 26.3 Å². The van der Waals surface area contributed by atoms with Gasteiger partial charge in [0.1, 0.15) is 0 Å². The summed E-state index contributed by atoms with van der Waals surface area (Å²) in [5.74, 6) is 0. The lowest BCUT2D eigenvalue weighted by Gasteiger charge is -2.43. The third-order valence-electron chi connectivity index (χ3n) is 4.43. The average molecular weight is 295 g/mol. The fourth-order valence-corrected chi connectivity index (χ4v) is 4.38. The summed E-state index contributed by atoms with van der Waals surface area (Å²) in [4.78, 5) is 8.52. The highest BCUT2D eigenvalue weighted by atomic mass is 32.1. The maximum absolute atomic E-state index is 5.95. The van der Waals surface area contributed by atoms with Gasteiger partial charge < -0.3 is 15.0 Å². The van der Waals surface area contributed by atoms with E-state index in [0.29, 0.717) is 18.2 Å². The number of anilines is 1. The molecule has 4 nitrogen and oxygen atoms in total. The Labute approximate surface area is 125 Å². The number of rotatable bonds is 4. The second-order valence-electron chi connectivity index (χ2n) is 5.78. The standard InChI is InChI=1S/C15H25N3OS/c1-3-16-11(2)14-10-17-15(20-14)18-8-9-19-13-7-5-4-6-12(13)18/h10-13,16H,3-9H2,1-2H3. The molecule has 0 radical (unpaired) electrons. The van der Waals surface area contributed by atoms with Crippen LogP contribution in [0.25, 0.3) is 0 Å². The van der Waals surface area contributed by atoms with E-state index >= 15 is 0 Å². The van der Waals surface area contributed by atoms with Crippen LogP contribution in [0.5, 0.6) is 0 Å². The zero-order chi connectivity index (χ0) is 13.9. The van der Waals surface area contributed by atoms with E-state index in [1.54, 1.807) is 0 Å². The van der Waals surface area contributed by atoms with Gasteiger partial charge in [0.2, 0.25) is 0 Å². The van der Waals surface area contributed by atoms with Crippen LogP contribution < -0.4 is 10.2 Å². The van der Waals surface area contributed by atoms with Crippen molar-refractivity contribution in [3.05, 3.63) is 11.1 Å². The first-order valence-electron chi connectivity index (χ1n) is 7.87. The van der Waals surface area contributed by atoms with E-state index in [1.165, 1.54) is 35.7 Å². The van der Waals surface area contributed by atoms with E-state index in [2.05, 4.69) is 29.0 Å². The summed E-state index contributed by atoms with van der Waals surface area (Å²) in [6.07, 6.45) is 7.58. The number of fused-ring (bicyclic) bond motifs is 1. The van der Waals surface area contributed by atoms with Crippen molar-refractivity contribution >= 4 is 16.5 Å². The lowest BCUT2D eigenvalue weighted by atomic mass is 9.90. The van der Waals surface area contributed by atoms with Gasteiger partial charge in [-0.15, -0.1) is 11.3 Å². The van der Waals surface area contributed by atoms with Crippen LogP contribution >= 0.6 is 11.3 Å². The number of hydrogen-bond donors (Lipinski definition) is 1. The van der Waals surface area contributed by atoms with E-state index in [-0.39, 0.29) is 0 Å². The second-order valence-corrected chi connectivity index (χ2v) is 6.82. The van der Waals surface area contributed by atoms with Gasteiger partial charge >= 0.3 is 0 Å². The lowest BCUT2D eigenvalue weighted by Crippen LogP contribution is -2.52. The molecule has 1 saturated heterocycles. The number of nitrogens with one attached hydrogen (secondary N) is 1. The Morgan fingerprint density at radius 1 is 1.50 bits per heavy atom. The first kappa shape index (κ1) is 14.3. The summed E-state index contributed by atoms with van der Waals surface area (Å²) in [6.45, 7) is 7.19. The van der Waals surface area contributed by atoms with Crippen LogP contribution in [0.15, 0.2) is 6.20 Å². The van der Waals surface area contributed by atoms with Gasteiger partial charge in [-0.25, -0.2) is 4.98 Å². The van der Waals surface area contributed by atoms with Crippen molar-refractivity contribution in [2.75, 3.05) is 24.6 Å². The summed E-state index contributed by atoms with van der Waals surface area (Å²) >= 11 is 1.84. The van der Waals surface area contributed by atoms with Crippen LogP contribution in [-0.2, 0) is 4.74 Å². The molecule has 3 rings (SSSR count). The van der Waals surface area contributed by atoms with Gasteiger partial charge in [-0.3, -0.25) is 0 Å². The van der Waals surface area contributed by atoms with Gasteiger partial charge in [0.05, 0.1) is 18.8 Å². The Kier molecular flexibility index (Phi) is 4.58. The average Bonchev–Trinajstić information content (AvgIpc) is 2.97. The van der Waals surface area contributed by atoms with Crippen LogP contribution in [-0.4, -0.2) is 36.8 Å². The van der Waals surface area contributed by atoms with Crippen molar-refractivity contribution in [2.45, 2.75) is 57.7 Å². The van der Waals surface area contributed by atoms with E-state index in [1.807, 2.05) is 17.5 Å². The minimum atomic E-state index is 0.398. The largest absolute Gasteiger partial charge is 0.374 e. The van der Waals surface area contributed by atoms with Gasteiger partial charge in [0.15, 0.2) is 5.13 Å². The molecule has 0 spiro atoms. The predicted octanol–water partition coefficient (Wildman–Crippen LogP) is 2.96. The van der Waals surface area contributed by atoms with Crippen molar-refractivity contribution < 1.29 is 4.74 Å². The Balaban J connectivity index is 1.74. The second kappa shape index (κ2) is 6.41. The van der Waals surface area contributed by atoms with Crippen LogP contribution in [0.2, 0.25) is 0 Å². The molecule has 1 aromatic heterocycles. The molecule has 2 heterocycles. The number of aromatic nitrogens is 1. The molecule has 0 bridgehead atoms. The van der Waals surface area contributed by atoms with Crippen LogP contribution in [0.3, 0.4) is 0 Å². The van der Waals surface area contributed by atoms with Crippen molar-refractivity contribution in [3.63, 3.8) is 0 Å². The smallest absolute Gasteiger partial charge is 0.185 e. The first-order valence-corrected chi connectivity index (χ1v) is 8.68. The molecule has 1 aromatic rings. The Morgan fingerprint density at radius 2 is 2.35 bits per heavy atom. The SMILES string of the molecule is CCNC(C)c1cnc(N2CCOC3CCCCC32)s1. The zero-order valence-electron chi connectivity index (χ0n) is 12.5. The molecule has 3 atom stereocenters. The van der Waals surface area contributed by atoms with Crippen molar-refractivity contribution in [2.24, 2.45) is 0 Å². The van der Waals surface area contributed by atoms with E-state index in [0.717, 1.165) is 19.7 Å². The molecule has 0 aromatic carbocycles. The number of thiazole rings is 1. The maximum Gasteiger partial charge on any atom is 0.185 e. The van der Waals surface area contributed by atoms with Gasteiger partial charge in [-0.2, -0.15) is 0 Å². The molecular weight excluding hydrogens is 270 g/mol. The fraction of sp³-hybridized carbons (Fsp3) is 0.800. The van der Waals surface area contributed by atoms with Gasteiger partial charge in [0.25, 0.3) is 0 Å². The summed E-state index contributed by atoms with van der Waals surface area (Å²) in [6, 6.07) is 0.945. The molecule has 3 unspecified atom stereocenters. The number of hydrogen-bond acceptors (Lipinski definition) is 5. The highest BCUT2D eigenvalue weighted by Crippen LogP contribution is 2.35. The van der Waals surface area contributed by atoms with Gasteiger partial charge in [0, 0.05) is 23.7 Å². The summed E-state index contributed by atoms with van der Waals surface area (Å²) in [7, 11) is 0. The minimum Gasteiger partial charge on any atom is -0.374 e. The fourth-order valence-electron chi connectivity index (χ4n) is 3.35. The number of nitrogens with zero attached hydrogens (tertiary/aromatic N) is 2. The molecular formula is C15H25N3OS. The highest BCUT2D eigenvalue weighted by Gasteiger charge is 2.35. The number of ether oxygens (including phenoxy) is 1. The topological polar surface area (TPSA) is 37.4 Å². The normalized spacial score (nSPS) is 28.2. The summed E-state index contributed by atoms with van der Waals surface area (Å²) in [5.41, 5.74) is 0.